The fraction of sp³-hybridized carbons (Fsp3) is 0.529. The van der Waals surface area contributed by atoms with Crippen molar-refractivity contribution in [2.75, 3.05) is 0 Å². The fourth-order valence-corrected chi connectivity index (χ4v) is 4.77. The van der Waals surface area contributed by atoms with E-state index in [0.717, 1.165) is 6.54 Å². The van der Waals surface area contributed by atoms with Crippen LogP contribution in [0.15, 0.2) is 29.0 Å². The normalized spacial score (nSPS) is 22.0. The molecule has 3 rings (SSSR count). The first-order chi connectivity index (χ1) is 9.65. The van der Waals surface area contributed by atoms with Gasteiger partial charge in [0, 0.05) is 27.9 Å². The highest BCUT2D eigenvalue weighted by Crippen LogP contribution is 2.36. The smallest absolute Gasteiger partial charge is 0.0351 e. The number of nitrogens with one attached hydrogen (secondary N) is 1. The number of hydrogen-bond acceptors (Lipinski definition) is 3. The average Bonchev–Trinajstić information content (AvgIpc) is 3.08. The van der Waals surface area contributed by atoms with Gasteiger partial charge in [-0.3, -0.25) is 0 Å². The zero-order valence-corrected chi connectivity index (χ0v) is 13.9. The minimum Gasteiger partial charge on any atom is -0.309 e. The third kappa shape index (κ3) is 3.16. The van der Waals surface area contributed by atoms with Crippen LogP contribution in [0.3, 0.4) is 0 Å². The molecule has 1 aliphatic carbocycles. The molecule has 20 heavy (non-hydrogen) atoms. The second-order valence-electron chi connectivity index (χ2n) is 6.45. The molecule has 1 nitrogen and oxygen atoms in total. The van der Waals surface area contributed by atoms with E-state index in [9.17, 15) is 0 Å². The van der Waals surface area contributed by atoms with Crippen molar-refractivity contribution in [2.24, 2.45) is 5.41 Å². The highest BCUT2D eigenvalue weighted by molar-refractivity contribution is 7.14. The van der Waals surface area contributed by atoms with E-state index in [0.29, 0.717) is 11.5 Å². The Bertz CT molecular complexity index is 539. The Morgan fingerprint density at radius 2 is 2.20 bits per heavy atom. The van der Waals surface area contributed by atoms with Gasteiger partial charge in [-0.05, 0) is 41.1 Å². The summed E-state index contributed by atoms with van der Waals surface area (Å²) in [4.78, 5) is 2.83. The number of rotatable bonds is 4. The molecule has 1 aliphatic rings. The summed E-state index contributed by atoms with van der Waals surface area (Å²) >= 11 is 3.70. The van der Waals surface area contributed by atoms with Crippen LogP contribution in [0.1, 0.15) is 44.4 Å². The molecule has 1 fully saturated rings. The lowest BCUT2D eigenvalue weighted by Gasteiger charge is -2.39. The summed E-state index contributed by atoms with van der Waals surface area (Å²) in [5, 5.41) is 8.24. The van der Waals surface area contributed by atoms with Crippen LogP contribution in [-0.4, -0.2) is 6.04 Å². The Morgan fingerprint density at radius 1 is 1.30 bits per heavy atom. The molecular formula is C17H23NS2. The van der Waals surface area contributed by atoms with Crippen molar-refractivity contribution in [3.05, 3.63) is 33.8 Å². The molecule has 0 amide bonds. The molecule has 0 aromatic carbocycles. The van der Waals surface area contributed by atoms with E-state index < -0.39 is 0 Å². The minimum absolute atomic E-state index is 0.450. The second-order valence-corrected chi connectivity index (χ2v) is 8.39. The lowest BCUT2D eigenvalue weighted by atomic mass is 9.73. The SMILES string of the molecule is CC1(C)CCCCC1NCc1cc(-c2cccs2)cs1. The van der Waals surface area contributed by atoms with Crippen molar-refractivity contribution in [3.8, 4) is 10.4 Å². The summed E-state index contributed by atoms with van der Waals surface area (Å²) < 4.78 is 0. The topological polar surface area (TPSA) is 12.0 Å². The van der Waals surface area contributed by atoms with Crippen LogP contribution < -0.4 is 5.32 Å². The van der Waals surface area contributed by atoms with E-state index in [1.165, 1.54) is 41.0 Å². The van der Waals surface area contributed by atoms with Crippen molar-refractivity contribution in [3.63, 3.8) is 0 Å². The maximum Gasteiger partial charge on any atom is 0.0351 e. The summed E-state index contributed by atoms with van der Waals surface area (Å²) in [5.74, 6) is 0. The third-order valence-electron chi connectivity index (χ3n) is 4.49. The maximum absolute atomic E-state index is 3.80. The Labute approximate surface area is 130 Å². The van der Waals surface area contributed by atoms with Gasteiger partial charge in [-0.25, -0.2) is 0 Å². The molecule has 2 aromatic heterocycles. The standard InChI is InChI=1S/C17H23NS2/c1-17(2)8-4-3-7-16(17)18-11-14-10-13(12-20-14)15-6-5-9-19-15/h5-6,9-10,12,16,18H,3-4,7-8,11H2,1-2H3. The lowest BCUT2D eigenvalue weighted by molar-refractivity contribution is 0.167. The summed E-state index contributed by atoms with van der Waals surface area (Å²) in [5.41, 5.74) is 1.83. The molecule has 108 valence electrons. The van der Waals surface area contributed by atoms with Crippen LogP contribution in [0.2, 0.25) is 0 Å². The van der Waals surface area contributed by atoms with Crippen molar-refractivity contribution in [2.45, 2.75) is 52.1 Å². The van der Waals surface area contributed by atoms with Gasteiger partial charge < -0.3 is 5.32 Å². The Balaban J connectivity index is 1.61. The van der Waals surface area contributed by atoms with Crippen LogP contribution in [-0.2, 0) is 6.54 Å². The fourth-order valence-electron chi connectivity index (χ4n) is 3.14. The molecule has 0 spiro atoms. The molecule has 0 bridgehead atoms. The molecule has 2 heterocycles. The van der Waals surface area contributed by atoms with Gasteiger partial charge in [0.15, 0.2) is 0 Å². The van der Waals surface area contributed by atoms with Gasteiger partial charge in [0.2, 0.25) is 0 Å². The van der Waals surface area contributed by atoms with Crippen molar-refractivity contribution < 1.29 is 0 Å². The first-order valence-corrected chi connectivity index (χ1v) is 9.26. The van der Waals surface area contributed by atoms with Crippen LogP contribution in [0.25, 0.3) is 10.4 Å². The zero-order chi connectivity index (χ0) is 14.0. The minimum atomic E-state index is 0.450. The van der Waals surface area contributed by atoms with Gasteiger partial charge in [0.1, 0.15) is 0 Å². The van der Waals surface area contributed by atoms with Gasteiger partial charge in [-0.15, -0.1) is 22.7 Å². The molecule has 3 heteroatoms. The number of thiophene rings is 2. The predicted octanol–water partition coefficient (Wildman–Crippen LogP) is 5.54. The summed E-state index contributed by atoms with van der Waals surface area (Å²) in [6.45, 7) is 5.84. The van der Waals surface area contributed by atoms with Crippen molar-refractivity contribution in [1.82, 2.24) is 5.32 Å². The monoisotopic (exact) mass is 305 g/mol. The molecule has 1 N–H and O–H groups in total. The highest BCUT2D eigenvalue weighted by Gasteiger charge is 2.31. The molecule has 0 aliphatic heterocycles. The van der Waals surface area contributed by atoms with Crippen LogP contribution in [0.4, 0.5) is 0 Å². The number of hydrogen-bond donors (Lipinski definition) is 1. The Hall–Kier alpha value is -0.640. The van der Waals surface area contributed by atoms with E-state index >= 15 is 0 Å². The molecule has 1 atom stereocenters. The Kier molecular flexibility index (Phi) is 4.29. The predicted molar refractivity (Wildman–Crippen MR) is 90.5 cm³/mol. The third-order valence-corrected chi connectivity index (χ3v) is 6.35. The van der Waals surface area contributed by atoms with Gasteiger partial charge in [0.05, 0.1) is 0 Å². The maximum atomic E-state index is 3.80. The van der Waals surface area contributed by atoms with Crippen molar-refractivity contribution >= 4 is 22.7 Å². The molecule has 0 saturated heterocycles. The van der Waals surface area contributed by atoms with Crippen LogP contribution in [0, 0.1) is 5.41 Å². The van der Waals surface area contributed by atoms with Gasteiger partial charge in [-0.1, -0.05) is 32.8 Å². The van der Waals surface area contributed by atoms with Gasteiger partial charge >= 0.3 is 0 Å². The summed E-state index contributed by atoms with van der Waals surface area (Å²) in [7, 11) is 0. The van der Waals surface area contributed by atoms with E-state index in [2.05, 4.69) is 48.1 Å². The average molecular weight is 306 g/mol. The molecule has 2 aromatic rings. The van der Waals surface area contributed by atoms with Gasteiger partial charge in [-0.2, -0.15) is 0 Å². The van der Waals surface area contributed by atoms with E-state index in [1.54, 1.807) is 0 Å². The summed E-state index contributed by atoms with van der Waals surface area (Å²) in [6, 6.07) is 7.34. The summed E-state index contributed by atoms with van der Waals surface area (Å²) in [6.07, 6.45) is 5.46. The van der Waals surface area contributed by atoms with E-state index in [1.807, 2.05) is 22.7 Å². The van der Waals surface area contributed by atoms with Gasteiger partial charge in [0.25, 0.3) is 0 Å². The second kappa shape index (κ2) is 6.00. The quantitative estimate of drug-likeness (QED) is 0.782. The largest absolute Gasteiger partial charge is 0.309 e. The van der Waals surface area contributed by atoms with E-state index in [4.69, 9.17) is 0 Å². The zero-order valence-electron chi connectivity index (χ0n) is 12.3. The van der Waals surface area contributed by atoms with Crippen LogP contribution in [0.5, 0.6) is 0 Å². The molecule has 1 unspecified atom stereocenters. The first kappa shape index (κ1) is 14.3. The first-order valence-electron chi connectivity index (χ1n) is 7.50. The molecular weight excluding hydrogens is 282 g/mol. The Morgan fingerprint density at radius 3 is 2.95 bits per heavy atom. The van der Waals surface area contributed by atoms with Crippen LogP contribution >= 0.6 is 22.7 Å². The van der Waals surface area contributed by atoms with Crippen molar-refractivity contribution in [1.29, 1.82) is 0 Å². The molecule has 1 saturated carbocycles. The highest BCUT2D eigenvalue weighted by atomic mass is 32.1. The van der Waals surface area contributed by atoms with E-state index in [-0.39, 0.29) is 0 Å². The lowest BCUT2D eigenvalue weighted by Crippen LogP contribution is -2.43. The molecule has 0 radical (unpaired) electrons.